The molecule has 7 heteroatoms. The normalized spacial score (nSPS) is 10.5. The van der Waals surface area contributed by atoms with Crippen LogP contribution in [0.4, 0.5) is 5.69 Å². The van der Waals surface area contributed by atoms with Crippen molar-refractivity contribution in [2.75, 3.05) is 18.2 Å². The number of aromatic nitrogens is 2. The number of hydrogen-bond acceptors (Lipinski definition) is 5. The van der Waals surface area contributed by atoms with E-state index in [0.717, 1.165) is 22.5 Å². The molecule has 1 heterocycles. The number of methoxy groups -OCH3 is 1. The first-order valence-corrected chi connectivity index (χ1v) is 9.72. The summed E-state index contributed by atoms with van der Waals surface area (Å²) >= 11 is 1.28. The summed E-state index contributed by atoms with van der Waals surface area (Å²) in [7, 11) is 1.35. The molecule has 28 heavy (non-hydrogen) atoms. The fourth-order valence-electron chi connectivity index (χ4n) is 2.62. The number of thioether (sulfide) groups is 1. The minimum Gasteiger partial charge on any atom is -0.468 e. The van der Waals surface area contributed by atoms with E-state index in [9.17, 15) is 9.59 Å². The Balaban J connectivity index is 1.73. The van der Waals surface area contributed by atoms with Gasteiger partial charge in [-0.3, -0.25) is 9.59 Å². The third-order valence-electron chi connectivity index (χ3n) is 4.07. The lowest BCUT2D eigenvalue weighted by Crippen LogP contribution is -2.16. The topological polar surface area (TPSA) is 73.2 Å². The molecular formula is C21H21N3O3S. The summed E-state index contributed by atoms with van der Waals surface area (Å²) < 4.78 is 6.58. The lowest BCUT2D eigenvalue weighted by atomic mass is 10.2. The van der Waals surface area contributed by atoms with Gasteiger partial charge in [0.1, 0.15) is 6.54 Å². The van der Waals surface area contributed by atoms with Crippen LogP contribution in [-0.4, -0.2) is 34.3 Å². The molecule has 0 saturated carbocycles. The monoisotopic (exact) mass is 395 g/mol. The smallest absolute Gasteiger partial charge is 0.325 e. The first kappa shape index (κ1) is 19.7. The number of ether oxygens (including phenoxy) is 1. The van der Waals surface area contributed by atoms with Crippen molar-refractivity contribution in [3.63, 3.8) is 0 Å². The van der Waals surface area contributed by atoms with Gasteiger partial charge in [-0.1, -0.05) is 59.8 Å². The number of imidazole rings is 1. The Morgan fingerprint density at radius 2 is 1.82 bits per heavy atom. The predicted octanol–water partition coefficient (Wildman–Crippen LogP) is 3.76. The summed E-state index contributed by atoms with van der Waals surface area (Å²) in [6.07, 6.45) is 1.71. The van der Waals surface area contributed by atoms with Crippen molar-refractivity contribution in [3.8, 4) is 11.3 Å². The van der Waals surface area contributed by atoms with E-state index in [1.54, 1.807) is 10.8 Å². The van der Waals surface area contributed by atoms with Crippen LogP contribution in [0.5, 0.6) is 0 Å². The number of anilines is 1. The Morgan fingerprint density at radius 1 is 1.11 bits per heavy atom. The molecule has 0 atom stereocenters. The zero-order valence-corrected chi connectivity index (χ0v) is 16.5. The van der Waals surface area contributed by atoms with E-state index in [1.165, 1.54) is 18.9 Å². The van der Waals surface area contributed by atoms with Gasteiger partial charge in [0, 0.05) is 5.69 Å². The molecule has 3 rings (SSSR count). The van der Waals surface area contributed by atoms with E-state index in [0.29, 0.717) is 5.16 Å². The van der Waals surface area contributed by atoms with Crippen molar-refractivity contribution in [2.24, 2.45) is 0 Å². The average molecular weight is 395 g/mol. The van der Waals surface area contributed by atoms with Gasteiger partial charge in [0.05, 0.1) is 24.8 Å². The second-order valence-electron chi connectivity index (χ2n) is 6.16. The van der Waals surface area contributed by atoms with Crippen molar-refractivity contribution in [2.45, 2.75) is 18.6 Å². The lowest BCUT2D eigenvalue weighted by molar-refractivity contribution is -0.141. The lowest BCUT2D eigenvalue weighted by Gasteiger charge is -2.11. The van der Waals surface area contributed by atoms with E-state index in [4.69, 9.17) is 4.74 Å². The van der Waals surface area contributed by atoms with E-state index >= 15 is 0 Å². The first-order valence-electron chi connectivity index (χ1n) is 8.74. The minimum atomic E-state index is -0.374. The van der Waals surface area contributed by atoms with Crippen LogP contribution in [0.2, 0.25) is 0 Å². The molecule has 0 radical (unpaired) electrons. The maximum absolute atomic E-state index is 12.3. The van der Waals surface area contributed by atoms with Crippen LogP contribution in [0.15, 0.2) is 66.0 Å². The van der Waals surface area contributed by atoms with Crippen LogP contribution in [0.3, 0.4) is 0 Å². The minimum absolute atomic E-state index is 0.0304. The molecule has 2 aromatic carbocycles. The van der Waals surface area contributed by atoms with Gasteiger partial charge in [0.2, 0.25) is 5.91 Å². The Kier molecular flexibility index (Phi) is 6.49. The average Bonchev–Trinajstić information content (AvgIpc) is 3.11. The molecule has 0 aliphatic heterocycles. The number of nitrogens with one attached hydrogen (secondary N) is 1. The highest BCUT2D eigenvalue weighted by molar-refractivity contribution is 7.99. The number of carbonyl (C=O) groups is 2. The first-order chi connectivity index (χ1) is 13.6. The van der Waals surface area contributed by atoms with Gasteiger partial charge in [0.25, 0.3) is 0 Å². The molecule has 1 aromatic heterocycles. The summed E-state index contributed by atoms with van der Waals surface area (Å²) in [6, 6.07) is 17.3. The summed E-state index contributed by atoms with van der Waals surface area (Å²) in [4.78, 5) is 28.5. The molecule has 0 spiro atoms. The van der Waals surface area contributed by atoms with Crippen LogP contribution in [-0.2, 0) is 20.9 Å². The van der Waals surface area contributed by atoms with Crippen molar-refractivity contribution >= 4 is 29.3 Å². The van der Waals surface area contributed by atoms with Gasteiger partial charge in [-0.25, -0.2) is 4.98 Å². The molecule has 1 N–H and O–H groups in total. The molecule has 0 unspecified atom stereocenters. The standard InChI is InChI=1S/C21H21N3O3S/c1-15-8-10-17(11-9-15)23-19(25)14-28-21-22-12-18(16-6-4-3-5-7-16)24(21)13-20(26)27-2/h3-12H,13-14H2,1-2H3,(H,23,25). The van der Waals surface area contributed by atoms with Crippen LogP contribution in [0.25, 0.3) is 11.3 Å². The maximum Gasteiger partial charge on any atom is 0.325 e. The summed E-state index contributed by atoms with van der Waals surface area (Å²) in [5, 5.41) is 3.45. The van der Waals surface area contributed by atoms with E-state index in [-0.39, 0.29) is 24.2 Å². The van der Waals surface area contributed by atoms with Gasteiger partial charge >= 0.3 is 5.97 Å². The Bertz CT molecular complexity index is 953. The highest BCUT2D eigenvalue weighted by Crippen LogP contribution is 2.26. The highest BCUT2D eigenvalue weighted by Gasteiger charge is 2.16. The molecular weight excluding hydrogens is 374 g/mol. The molecule has 0 fully saturated rings. The van der Waals surface area contributed by atoms with Crippen LogP contribution < -0.4 is 5.32 Å². The van der Waals surface area contributed by atoms with Gasteiger partial charge in [0.15, 0.2) is 5.16 Å². The number of esters is 1. The van der Waals surface area contributed by atoms with Crippen molar-refractivity contribution in [3.05, 3.63) is 66.4 Å². The number of amides is 1. The van der Waals surface area contributed by atoms with Crippen molar-refractivity contribution in [1.29, 1.82) is 0 Å². The number of rotatable bonds is 7. The molecule has 0 saturated heterocycles. The van der Waals surface area contributed by atoms with Gasteiger partial charge in [-0.15, -0.1) is 0 Å². The van der Waals surface area contributed by atoms with Gasteiger partial charge < -0.3 is 14.6 Å². The molecule has 3 aromatic rings. The third kappa shape index (κ3) is 5.01. The second-order valence-corrected chi connectivity index (χ2v) is 7.10. The Morgan fingerprint density at radius 3 is 2.50 bits per heavy atom. The van der Waals surface area contributed by atoms with E-state index < -0.39 is 0 Å². The van der Waals surface area contributed by atoms with Gasteiger partial charge in [-0.05, 0) is 24.6 Å². The Hall–Kier alpha value is -3.06. The zero-order chi connectivity index (χ0) is 19.9. The molecule has 0 aliphatic rings. The summed E-state index contributed by atoms with van der Waals surface area (Å²) in [6.45, 7) is 2.02. The second kappa shape index (κ2) is 9.23. The maximum atomic E-state index is 12.3. The number of nitrogens with zero attached hydrogens (tertiary/aromatic N) is 2. The molecule has 6 nitrogen and oxygen atoms in total. The van der Waals surface area contributed by atoms with E-state index in [1.807, 2.05) is 61.5 Å². The number of aryl methyl sites for hydroxylation is 1. The largest absolute Gasteiger partial charge is 0.468 e. The van der Waals surface area contributed by atoms with Crippen molar-refractivity contribution in [1.82, 2.24) is 9.55 Å². The quantitative estimate of drug-likeness (QED) is 0.487. The summed E-state index contributed by atoms with van der Waals surface area (Å²) in [5.41, 5.74) is 3.62. The number of carbonyl (C=O) groups excluding carboxylic acids is 2. The van der Waals surface area contributed by atoms with E-state index in [2.05, 4.69) is 10.3 Å². The highest BCUT2D eigenvalue weighted by atomic mass is 32.2. The van der Waals surface area contributed by atoms with Crippen molar-refractivity contribution < 1.29 is 14.3 Å². The molecule has 144 valence electrons. The molecule has 0 bridgehead atoms. The molecule has 0 aliphatic carbocycles. The third-order valence-corrected chi connectivity index (χ3v) is 5.06. The number of hydrogen-bond donors (Lipinski definition) is 1. The fourth-order valence-corrected chi connectivity index (χ4v) is 3.40. The Labute approximate surface area is 167 Å². The molecule has 1 amide bonds. The van der Waals surface area contributed by atoms with Crippen LogP contribution in [0, 0.1) is 6.92 Å². The zero-order valence-electron chi connectivity index (χ0n) is 15.7. The SMILES string of the molecule is COC(=O)Cn1c(-c2ccccc2)cnc1SCC(=O)Nc1ccc(C)cc1. The predicted molar refractivity (Wildman–Crippen MR) is 110 cm³/mol. The van der Waals surface area contributed by atoms with Gasteiger partial charge in [-0.2, -0.15) is 0 Å². The van der Waals surface area contributed by atoms with Crippen LogP contribution >= 0.6 is 11.8 Å². The number of benzene rings is 2. The van der Waals surface area contributed by atoms with Crippen LogP contribution in [0.1, 0.15) is 5.56 Å². The fraction of sp³-hybridized carbons (Fsp3) is 0.190. The summed E-state index contributed by atoms with van der Waals surface area (Å²) in [5.74, 6) is -0.329.